The van der Waals surface area contributed by atoms with Crippen molar-refractivity contribution in [3.05, 3.63) is 28.3 Å². The highest BCUT2D eigenvalue weighted by atomic mass is 35.5. The normalized spacial score (nSPS) is 25.2. The number of carboxylic acid groups (broad SMARTS) is 1. The molecular formula is C14H15ClO3. The lowest BCUT2D eigenvalue weighted by Gasteiger charge is -2.33. The molecule has 1 aromatic carbocycles. The lowest BCUT2D eigenvalue weighted by atomic mass is 9.70. The molecule has 1 saturated carbocycles. The predicted molar refractivity (Wildman–Crippen MR) is 68.2 cm³/mol. The molecule has 3 rings (SSSR count). The minimum absolute atomic E-state index is 0.193. The Bertz CT molecular complexity index is 498. The van der Waals surface area contributed by atoms with Crippen LogP contribution >= 0.6 is 11.6 Å². The zero-order chi connectivity index (χ0) is 12.7. The summed E-state index contributed by atoms with van der Waals surface area (Å²) in [5.74, 6) is 0.302. The van der Waals surface area contributed by atoms with E-state index in [1.807, 2.05) is 12.1 Å². The highest BCUT2D eigenvalue weighted by Crippen LogP contribution is 2.41. The lowest BCUT2D eigenvalue weighted by Crippen LogP contribution is -2.34. The second-order valence-electron chi connectivity index (χ2n) is 5.14. The molecule has 1 aliphatic carbocycles. The van der Waals surface area contributed by atoms with Gasteiger partial charge in [-0.1, -0.05) is 11.6 Å². The fourth-order valence-electron chi connectivity index (χ4n) is 2.92. The molecule has 1 heterocycles. The molecule has 0 aromatic heterocycles. The molecule has 1 N–H and O–H groups in total. The van der Waals surface area contributed by atoms with E-state index in [0.29, 0.717) is 6.61 Å². The number of aliphatic carboxylic acids is 1. The number of carbonyl (C=O) groups is 1. The molecular weight excluding hydrogens is 252 g/mol. The Kier molecular flexibility index (Phi) is 2.94. The van der Waals surface area contributed by atoms with Crippen LogP contribution in [-0.4, -0.2) is 17.7 Å². The van der Waals surface area contributed by atoms with Gasteiger partial charge in [-0.15, -0.1) is 0 Å². The molecule has 0 saturated heterocycles. The summed E-state index contributed by atoms with van der Waals surface area (Å²) in [7, 11) is 0. The summed E-state index contributed by atoms with van der Waals surface area (Å²) in [5.41, 5.74) is 2.23. The van der Waals surface area contributed by atoms with E-state index >= 15 is 0 Å². The molecule has 18 heavy (non-hydrogen) atoms. The minimum atomic E-state index is -0.675. The lowest BCUT2D eigenvalue weighted by molar-refractivity contribution is -0.147. The van der Waals surface area contributed by atoms with Crippen LogP contribution in [0.25, 0.3) is 0 Å². The van der Waals surface area contributed by atoms with Gasteiger partial charge in [-0.3, -0.25) is 4.79 Å². The molecule has 1 aliphatic heterocycles. The number of fused-ring (bicyclic) bond motifs is 1. The standard InChI is InChI=1S/C14H15ClO3/c15-11-6-9-3-4-18-13(9)10(7-11)5-8-1-2-12(8)14(16)17/h6-8,12H,1-5H2,(H,16,17). The third kappa shape index (κ3) is 1.97. The van der Waals surface area contributed by atoms with Gasteiger partial charge in [0.05, 0.1) is 12.5 Å². The first-order valence-corrected chi connectivity index (χ1v) is 6.70. The van der Waals surface area contributed by atoms with E-state index in [4.69, 9.17) is 21.4 Å². The van der Waals surface area contributed by atoms with Gasteiger partial charge >= 0.3 is 5.97 Å². The van der Waals surface area contributed by atoms with Crippen molar-refractivity contribution in [3.8, 4) is 5.75 Å². The van der Waals surface area contributed by atoms with E-state index < -0.39 is 5.97 Å². The third-order valence-electron chi connectivity index (χ3n) is 4.04. The summed E-state index contributed by atoms with van der Waals surface area (Å²) >= 11 is 6.10. The van der Waals surface area contributed by atoms with E-state index in [1.165, 1.54) is 0 Å². The number of hydrogen-bond acceptors (Lipinski definition) is 2. The summed E-state index contributed by atoms with van der Waals surface area (Å²) in [6.45, 7) is 0.704. The van der Waals surface area contributed by atoms with Gasteiger partial charge in [0, 0.05) is 11.4 Å². The molecule has 0 amide bonds. The number of benzene rings is 1. The molecule has 0 spiro atoms. The van der Waals surface area contributed by atoms with Gasteiger partial charge in [-0.2, -0.15) is 0 Å². The highest BCUT2D eigenvalue weighted by molar-refractivity contribution is 6.30. The summed E-state index contributed by atoms with van der Waals surface area (Å²) in [6, 6.07) is 3.87. The first kappa shape index (κ1) is 11.8. The van der Waals surface area contributed by atoms with Crippen molar-refractivity contribution in [1.29, 1.82) is 0 Å². The van der Waals surface area contributed by atoms with E-state index in [0.717, 1.165) is 47.6 Å². The number of halogens is 1. The fraction of sp³-hybridized carbons (Fsp3) is 0.500. The van der Waals surface area contributed by atoms with Crippen LogP contribution in [0, 0.1) is 11.8 Å². The number of rotatable bonds is 3. The van der Waals surface area contributed by atoms with E-state index in [9.17, 15) is 4.79 Å². The van der Waals surface area contributed by atoms with Crippen molar-refractivity contribution in [1.82, 2.24) is 0 Å². The van der Waals surface area contributed by atoms with Crippen LogP contribution in [0.4, 0.5) is 0 Å². The van der Waals surface area contributed by atoms with Crippen LogP contribution in [-0.2, 0) is 17.6 Å². The Balaban J connectivity index is 1.83. The number of carboxylic acids is 1. The fourth-order valence-corrected chi connectivity index (χ4v) is 3.18. The summed E-state index contributed by atoms with van der Waals surface area (Å²) in [4.78, 5) is 11.0. The molecule has 0 radical (unpaired) electrons. The first-order valence-electron chi connectivity index (χ1n) is 6.32. The predicted octanol–water partition coefficient (Wildman–Crippen LogP) is 2.93. The molecule has 4 heteroatoms. The van der Waals surface area contributed by atoms with Crippen molar-refractivity contribution in [3.63, 3.8) is 0 Å². The average molecular weight is 267 g/mol. The quantitative estimate of drug-likeness (QED) is 0.915. The van der Waals surface area contributed by atoms with Crippen molar-refractivity contribution in [2.24, 2.45) is 11.8 Å². The molecule has 1 fully saturated rings. The van der Waals surface area contributed by atoms with Crippen LogP contribution < -0.4 is 4.74 Å². The number of hydrogen-bond donors (Lipinski definition) is 1. The SMILES string of the molecule is O=C(O)C1CCC1Cc1cc(Cl)cc2c1OCC2. The van der Waals surface area contributed by atoms with Gasteiger partial charge in [-0.25, -0.2) is 0 Å². The summed E-state index contributed by atoms with van der Waals surface area (Å²) in [6.07, 6.45) is 3.44. The van der Waals surface area contributed by atoms with Gasteiger partial charge in [0.15, 0.2) is 0 Å². The Morgan fingerprint density at radius 1 is 1.44 bits per heavy atom. The van der Waals surface area contributed by atoms with Gasteiger partial charge in [0.2, 0.25) is 0 Å². The molecule has 2 unspecified atom stereocenters. The van der Waals surface area contributed by atoms with Gasteiger partial charge in [0.1, 0.15) is 5.75 Å². The van der Waals surface area contributed by atoms with E-state index in [1.54, 1.807) is 0 Å². The van der Waals surface area contributed by atoms with Gasteiger partial charge < -0.3 is 9.84 Å². The molecule has 2 atom stereocenters. The topological polar surface area (TPSA) is 46.5 Å². The highest BCUT2D eigenvalue weighted by Gasteiger charge is 2.37. The maximum Gasteiger partial charge on any atom is 0.306 e. The van der Waals surface area contributed by atoms with Gasteiger partial charge in [-0.05, 0) is 48.4 Å². The zero-order valence-corrected chi connectivity index (χ0v) is 10.7. The van der Waals surface area contributed by atoms with E-state index in [2.05, 4.69) is 0 Å². The van der Waals surface area contributed by atoms with Crippen LogP contribution in [0.5, 0.6) is 5.75 Å². The summed E-state index contributed by atoms with van der Waals surface area (Å²) < 4.78 is 5.64. The summed E-state index contributed by atoms with van der Waals surface area (Å²) in [5, 5.41) is 9.80. The van der Waals surface area contributed by atoms with Crippen molar-refractivity contribution >= 4 is 17.6 Å². The maximum atomic E-state index is 11.0. The molecule has 3 nitrogen and oxygen atoms in total. The van der Waals surface area contributed by atoms with Crippen LogP contribution in [0.15, 0.2) is 12.1 Å². The number of ether oxygens (including phenoxy) is 1. The Morgan fingerprint density at radius 2 is 2.28 bits per heavy atom. The van der Waals surface area contributed by atoms with Gasteiger partial charge in [0.25, 0.3) is 0 Å². The second-order valence-corrected chi connectivity index (χ2v) is 5.57. The largest absolute Gasteiger partial charge is 0.493 e. The van der Waals surface area contributed by atoms with Crippen LogP contribution in [0.1, 0.15) is 24.0 Å². The molecule has 0 bridgehead atoms. The molecule has 1 aromatic rings. The van der Waals surface area contributed by atoms with E-state index in [-0.39, 0.29) is 11.8 Å². The third-order valence-corrected chi connectivity index (χ3v) is 4.26. The Labute approximate surface area is 111 Å². The van der Waals surface area contributed by atoms with Crippen molar-refractivity contribution in [2.45, 2.75) is 25.7 Å². The van der Waals surface area contributed by atoms with Crippen LogP contribution in [0.2, 0.25) is 5.02 Å². The zero-order valence-electron chi connectivity index (χ0n) is 9.99. The Morgan fingerprint density at radius 3 is 2.94 bits per heavy atom. The second kappa shape index (κ2) is 4.47. The average Bonchev–Trinajstić information content (AvgIpc) is 2.70. The van der Waals surface area contributed by atoms with Crippen molar-refractivity contribution < 1.29 is 14.6 Å². The Hall–Kier alpha value is -1.22. The maximum absolute atomic E-state index is 11.0. The minimum Gasteiger partial charge on any atom is -0.493 e. The first-order chi connectivity index (χ1) is 8.65. The van der Waals surface area contributed by atoms with Crippen LogP contribution in [0.3, 0.4) is 0 Å². The van der Waals surface area contributed by atoms with Crippen molar-refractivity contribution in [2.75, 3.05) is 6.61 Å². The molecule has 96 valence electrons. The molecule has 2 aliphatic rings. The monoisotopic (exact) mass is 266 g/mol. The smallest absolute Gasteiger partial charge is 0.306 e.